The third-order valence-electron chi connectivity index (χ3n) is 4.84. The number of nitrogens with one attached hydrogen (secondary N) is 2. The minimum Gasteiger partial charge on any atom is -0.497 e. The third-order valence-corrected chi connectivity index (χ3v) is 4.84. The zero-order chi connectivity index (χ0) is 20.2. The van der Waals surface area contributed by atoms with Gasteiger partial charge in [0.05, 0.1) is 7.11 Å². The minimum atomic E-state index is 0. The van der Waals surface area contributed by atoms with E-state index in [-0.39, 0.29) is 24.0 Å². The maximum atomic E-state index is 5.20. The van der Waals surface area contributed by atoms with Crippen molar-refractivity contribution in [3.8, 4) is 5.75 Å². The molecule has 0 radical (unpaired) electrons. The van der Waals surface area contributed by atoms with Crippen LogP contribution in [0.3, 0.4) is 0 Å². The van der Waals surface area contributed by atoms with Gasteiger partial charge in [0, 0.05) is 26.7 Å². The molecule has 6 heteroatoms. The lowest BCUT2D eigenvalue weighted by Crippen LogP contribution is -2.37. The zero-order valence-electron chi connectivity index (χ0n) is 18.1. The molecule has 2 aromatic rings. The van der Waals surface area contributed by atoms with E-state index in [0.29, 0.717) is 0 Å². The molecule has 5 nitrogen and oxygen atoms in total. The summed E-state index contributed by atoms with van der Waals surface area (Å²) in [5, 5.41) is 6.79. The van der Waals surface area contributed by atoms with Crippen molar-refractivity contribution in [2.45, 2.75) is 33.4 Å². The summed E-state index contributed by atoms with van der Waals surface area (Å²) in [4.78, 5) is 6.75. The summed E-state index contributed by atoms with van der Waals surface area (Å²) in [6.45, 7) is 9.14. The average molecular weight is 510 g/mol. The molecule has 0 unspecified atom stereocenters. The van der Waals surface area contributed by atoms with Crippen molar-refractivity contribution in [3.05, 3.63) is 65.2 Å². The van der Waals surface area contributed by atoms with Crippen LogP contribution in [0.5, 0.6) is 5.75 Å². The molecular formula is C23H35IN4O. The number of methoxy groups -OCH3 is 1. The lowest BCUT2D eigenvalue weighted by atomic mass is 10.1. The van der Waals surface area contributed by atoms with Crippen molar-refractivity contribution >= 4 is 29.9 Å². The average Bonchev–Trinajstić information content (AvgIpc) is 2.75. The van der Waals surface area contributed by atoms with E-state index in [1.807, 2.05) is 12.1 Å². The number of aliphatic imine (C=N–C) groups is 1. The Morgan fingerprint density at radius 1 is 0.966 bits per heavy atom. The molecule has 0 saturated heterocycles. The zero-order valence-corrected chi connectivity index (χ0v) is 20.4. The van der Waals surface area contributed by atoms with Crippen LogP contribution < -0.4 is 15.4 Å². The van der Waals surface area contributed by atoms with Gasteiger partial charge in [-0.25, -0.2) is 0 Å². The number of guanidine groups is 1. The molecule has 29 heavy (non-hydrogen) atoms. The van der Waals surface area contributed by atoms with E-state index >= 15 is 0 Å². The molecular weight excluding hydrogens is 475 g/mol. The molecule has 0 aromatic heterocycles. The maximum Gasteiger partial charge on any atom is 0.191 e. The number of hydrogen-bond donors (Lipinski definition) is 2. The number of rotatable bonds is 10. The second kappa shape index (κ2) is 14.2. The van der Waals surface area contributed by atoms with Crippen LogP contribution in [-0.4, -0.2) is 44.7 Å². The lowest BCUT2D eigenvalue weighted by molar-refractivity contribution is 0.296. The Morgan fingerprint density at radius 2 is 1.66 bits per heavy atom. The first-order valence-electron chi connectivity index (χ1n) is 10.1. The first kappa shape index (κ1) is 25.2. The van der Waals surface area contributed by atoms with Crippen LogP contribution in [0.1, 0.15) is 30.5 Å². The van der Waals surface area contributed by atoms with Crippen LogP contribution in [0.15, 0.2) is 53.5 Å². The summed E-state index contributed by atoms with van der Waals surface area (Å²) in [5.74, 6) is 1.71. The largest absolute Gasteiger partial charge is 0.497 e. The fourth-order valence-electron chi connectivity index (χ4n) is 3.07. The summed E-state index contributed by atoms with van der Waals surface area (Å²) >= 11 is 0. The molecule has 2 aromatic carbocycles. The van der Waals surface area contributed by atoms with E-state index in [9.17, 15) is 0 Å². The van der Waals surface area contributed by atoms with Gasteiger partial charge in [-0.1, -0.05) is 50.2 Å². The Hall–Kier alpha value is -1.80. The van der Waals surface area contributed by atoms with Gasteiger partial charge in [0.15, 0.2) is 5.96 Å². The highest BCUT2D eigenvalue weighted by Gasteiger charge is 2.03. The van der Waals surface area contributed by atoms with Crippen molar-refractivity contribution in [1.29, 1.82) is 0 Å². The summed E-state index contributed by atoms with van der Waals surface area (Å²) in [6, 6.07) is 16.9. The molecule has 2 N–H and O–H groups in total. The van der Waals surface area contributed by atoms with Gasteiger partial charge in [-0.15, -0.1) is 24.0 Å². The molecule has 2 rings (SSSR count). The van der Waals surface area contributed by atoms with Gasteiger partial charge in [-0.2, -0.15) is 0 Å². The van der Waals surface area contributed by atoms with Crippen LogP contribution in [0, 0.1) is 0 Å². The van der Waals surface area contributed by atoms with E-state index < -0.39 is 0 Å². The highest BCUT2D eigenvalue weighted by Crippen LogP contribution is 2.11. The Bertz CT molecular complexity index is 730. The second-order valence-electron chi connectivity index (χ2n) is 6.73. The van der Waals surface area contributed by atoms with Crippen LogP contribution in [0.25, 0.3) is 0 Å². The molecule has 0 saturated carbocycles. The predicted molar refractivity (Wildman–Crippen MR) is 133 cm³/mol. The Labute approximate surface area is 193 Å². The molecule has 0 aliphatic carbocycles. The van der Waals surface area contributed by atoms with Crippen molar-refractivity contribution in [3.63, 3.8) is 0 Å². The SMILES string of the molecule is CCN(CC)Cc1cccc(CNC(=NC)NCCc2ccc(OC)cc2)c1.I. The van der Waals surface area contributed by atoms with Crippen molar-refractivity contribution in [2.24, 2.45) is 4.99 Å². The van der Waals surface area contributed by atoms with E-state index in [4.69, 9.17) is 4.74 Å². The van der Waals surface area contributed by atoms with Crippen molar-refractivity contribution < 1.29 is 4.74 Å². The maximum absolute atomic E-state index is 5.20. The first-order valence-corrected chi connectivity index (χ1v) is 10.1. The van der Waals surface area contributed by atoms with E-state index in [1.165, 1.54) is 16.7 Å². The molecule has 0 spiro atoms. The molecule has 0 amide bonds. The highest BCUT2D eigenvalue weighted by molar-refractivity contribution is 14.0. The molecule has 0 aliphatic rings. The number of nitrogens with zero attached hydrogens (tertiary/aromatic N) is 2. The van der Waals surface area contributed by atoms with Crippen LogP contribution >= 0.6 is 24.0 Å². The van der Waals surface area contributed by atoms with Gasteiger partial charge in [0.2, 0.25) is 0 Å². The second-order valence-corrected chi connectivity index (χ2v) is 6.73. The lowest BCUT2D eigenvalue weighted by Gasteiger charge is -2.18. The smallest absolute Gasteiger partial charge is 0.191 e. The van der Waals surface area contributed by atoms with Crippen molar-refractivity contribution in [2.75, 3.05) is 33.8 Å². The highest BCUT2D eigenvalue weighted by atomic mass is 127. The van der Waals surface area contributed by atoms with E-state index in [2.05, 4.69) is 70.8 Å². The number of ether oxygens (including phenoxy) is 1. The van der Waals surface area contributed by atoms with Gasteiger partial charge < -0.3 is 15.4 Å². The predicted octanol–water partition coefficient (Wildman–Crippen LogP) is 4.06. The van der Waals surface area contributed by atoms with Gasteiger partial charge in [0.25, 0.3) is 0 Å². The Balaban J connectivity index is 0.00000420. The summed E-state index contributed by atoms with van der Waals surface area (Å²) < 4.78 is 5.20. The van der Waals surface area contributed by atoms with Gasteiger partial charge in [-0.05, 0) is 48.3 Å². The molecule has 0 aliphatic heterocycles. The van der Waals surface area contributed by atoms with Crippen LogP contribution in [-0.2, 0) is 19.5 Å². The van der Waals surface area contributed by atoms with Gasteiger partial charge in [0.1, 0.15) is 5.75 Å². The number of hydrogen-bond acceptors (Lipinski definition) is 3. The normalized spacial score (nSPS) is 11.1. The standard InChI is InChI=1S/C23H34N4O.HI/c1-5-27(6-2)18-21-9-7-8-20(16-21)17-26-23(24-3)25-15-14-19-10-12-22(28-4)13-11-19;/h7-13,16H,5-6,14-15,17-18H2,1-4H3,(H2,24,25,26);1H. The van der Waals surface area contributed by atoms with Gasteiger partial charge >= 0.3 is 0 Å². The van der Waals surface area contributed by atoms with Gasteiger partial charge in [-0.3, -0.25) is 9.89 Å². The Morgan fingerprint density at radius 3 is 2.28 bits per heavy atom. The van der Waals surface area contributed by atoms with Crippen LogP contribution in [0.2, 0.25) is 0 Å². The molecule has 0 atom stereocenters. The van der Waals surface area contributed by atoms with Crippen molar-refractivity contribution in [1.82, 2.24) is 15.5 Å². The Kier molecular flexibility index (Phi) is 12.4. The van der Waals surface area contributed by atoms with E-state index in [0.717, 1.165) is 50.9 Å². The fraction of sp³-hybridized carbons (Fsp3) is 0.435. The summed E-state index contributed by atoms with van der Waals surface area (Å²) in [7, 11) is 3.49. The minimum absolute atomic E-state index is 0. The van der Waals surface area contributed by atoms with E-state index in [1.54, 1.807) is 14.2 Å². The molecule has 0 bridgehead atoms. The van der Waals surface area contributed by atoms with Crippen LogP contribution in [0.4, 0.5) is 0 Å². The summed E-state index contributed by atoms with van der Waals surface area (Å²) in [5.41, 5.74) is 3.89. The molecule has 160 valence electrons. The summed E-state index contributed by atoms with van der Waals surface area (Å²) in [6.07, 6.45) is 0.935. The monoisotopic (exact) mass is 510 g/mol. The molecule has 0 fully saturated rings. The third kappa shape index (κ3) is 9.04. The first-order chi connectivity index (χ1) is 13.7. The number of benzene rings is 2. The quantitative estimate of drug-likeness (QED) is 0.288. The molecule has 0 heterocycles. The topological polar surface area (TPSA) is 48.9 Å². The number of halogens is 1. The fourth-order valence-corrected chi connectivity index (χ4v) is 3.07.